The van der Waals surface area contributed by atoms with Gasteiger partial charge in [-0.1, -0.05) is 12.1 Å². The SMILES string of the molecule is CN=C(NCCCOCC1CCOC1)NCc1ccc(C(=O)N2CCCCC2)cc1.I. The van der Waals surface area contributed by atoms with Gasteiger partial charge < -0.3 is 25.0 Å². The van der Waals surface area contributed by atoms with Crippen molar-refractivity contribution in [3.05, 3.63) is 35.4 Å². The van der Waals surface area contributed by atoms with Crippen LogP contribution in [0.4, 0.5) is 0 Å². The van der Waals surface area contributed by atoms with Crippen molar-refractivity contribution in [1.29, 1.82) is 0 Å². The second-order valence-corrected chi connectivity index (χ2v) is 8.06. The smallest absolute Gasteiger partial charge is 0.253 e. The second kappa shape index (κ2) is 14.6. The van der Waals surface area contributed by atoms with Crippen LogP contribution in [0.1, 0.15) is 48.0 Å². The summed E-state index contributed by atoms with van der Waals surface area (Å²) in [6.45, 7) is 6.47. The van der Waals surface area contributed by atoms with E-state index in [-0.39, 0.29) is 29.9 Å². The third kappa shape index (κ3) is 8.94. The minimum absolute atomic E-state index is 0. The quantitative estimate of drug-likeness (QED) is 0.217. The maximum atomic E-state index is 12.6. The molecule has 0 radical (unpaired) electrons. The van der Waals surface area contributed by atoms with Gasteiger partial charge in [0.05, 0.1) is 13.2 Å². The van der Waals surface area contributed by atoms with E-state index in [2.05, 4.69) is 15.6 Å². The van der Waals surface area contributed by atoms with Crippen molar-refractivity contribution < 1.29 is 14.3 Å². The van der Waals surface area contributed by atoms with Crippen molar-refractivity contribution >= 4 is 35.8 Å². The molecule has 2 N–H and O–H groups in total. The Morgan fingerprint density at radius 2 is 1.97 bits per heavy atom. The summed E-state index contributed by atoms with van der Waals surface area (Å²) >= 11 is 0. The molecule has 174 valence electrons. The number of benzene rings is 1. The highest BCUT2D eigenvalue weighted by Crippen LogP contribution is 2.14. The largest absolute Gasteiger partial charge is 0.381 e. The highest BCUT2D eigenvalue weighted by atomic mass is 127. The second-order valence-electron chi connectivity index (χ2n) is 8.06. The van der Waals surface area contributed by atoms with Crippen LogP contribution in [-0.4, -0.2) is 69.9 Å². The van der Waals surface area contributed by atoms with E-state index in [1.807, 2.05) is 29.2 Å². The molecule has 0 saturated carbocycles. The van der Waals surface area contributed by atoms with Gasteiger partial charge in [0.25, 0.3) is 5.91 Å². The summed E-state index contributed by atoms with van der Waals surface area (Å²) in [5.74, 6) is 1.48. The van der Waals surface area contributed by atoms with Gasteiger partial charge in [0.2, 0.25) is 0 Å². The number of carbonyl (C=O) groups excluding carboxylic acids is 1. The lowest BCUT2D eigenvalue weighted by molar-refractivity contribution is 0.0724. The summed E-state index contributed by atoms with van der Waals surface area (Å²) in [7, 11) is 1.77. The Labute approximate surface area is 203 Å². The number of piperidine rings is 1. The fourth-order valence-corrected chi connectivity index (χ4v) is 3.80. The van der Waals surface area contributed by atoms with Gasteiger partial charge >= 0.3 is 0 Å². The summed E-state index contributed by atoms with van der Waals surface area (Å²) in [6.07, 6.45) is 5.50. The van der Waals surface area contributed by atoms with Crippen LogP contribution in [0, 0.1) is 5.92 Å². The van der Waals surface area contributed by atoms with E-state index in [1.165, 1.54) is 6.42 Å². The normalized spacial score (nSPS) is 19.1. The fourth-order valence-electron chi connectivity index (χ4n) is 3.80. The molecule has 1 aromatic rings. The van der Waals surface area contributed by atoms with Gasteiger partial charge in [0.1, 0.15) is 0 Å². The Bertz CT molecular complexity index is 672. The monoisotopic (exact) mass is 544 g/mol. The predicted molar refractivity (Wildman–Crippen MR) is 134 cm³/mol. The van der Waals surface area contributed by atoms with Gasteiger partial charge in [-0.2, -0.15) is 0 Å². The van der Waals surface area contributed by atoms with Crippen molar-refractivity contribution in [2.45, 2.75) is 38.6 Å². The molecule has 3 rings (SSSR count). The molecule has 2 aliphatic rings. The average molecular weight is 544 g/mol. The number of hydrogen-bond donors (Lipinski definition) is 2. The van der Waals surface area contributed by atoms with Crippen LogP contribution < -0.4 is 10.6 Å². The number of aliphatic imine (C=N–C) groups is 1. The molecule has 1 atom stereocenters. The van der Waals surface area contributed by atoms with Gasteiger partial charge in [-0.15, -0.1) is 24.0 Å². The van der Waals surface area contributed by atoms with Crippen LogP contribution in [0.3, 0.4) is 0 Å². The van der Waals surface area contributed by atoms with Gasteiger partial charge in [0.15, 0.2) is 5.96 Å². The van der Waals surface area contributed by atoms with Crippen LogP contribution in [0.25, 0.3) is 0 Å². The first-order valence-electron chi connectivity index (χ1n) is 11.2. The summed E-state index contributed by atoms with van der Waals surface area (Å²) < 4.78 is 11.1. The third-order valence-electron chi connectivity index (χ3n) is 5.66. The molecule has 0 spiro atoms. The minimum atomic E-state index is 0. The predicted octanol–water partition coefficient (Wildman–Crippen LogP) is 3.04. The number of ether oxygens (including phenoxy) is 2. The first-order valence-corrected chi connectivity index (χ1v) is 11.2. The van der Waals surface area contributed by atoms with Crippen LogP contribution in [0.15, 0.2) is 29.3 Å². The molecular weight excluding hydrogens is 507 g/mol. The summed E-state index contributed by atoms with van der Waals surface area (Å²) in [6, 6.07) is 7.88. The maximum Gasteiger partial charge on any atom is 0.253 e. The van der Waals surface area contributed by atoms with E-state index in [0.29, 0.717) is 12.5 Å². The average Bonchev–Trinajstić information content (AvgIpc) is 3.32. The van der Waals surface area contributed by atoms with Crippen molar-refractivity contribution in [2.75, 3.05) is 53.1 Å². The number of halogens is 1. The molecule has 0 aliphatic carbocycles. The first kappa shape index (κ1) is 25.9. The summed E-state index contributed by atoms with van der Waals surface area (Å²) in [4.78, 5) is 18.8. The lowest BCUT2D eigenvalue weighted by Gasteiger charge is -2.26. The molecule has 2 fully saturated rings. The number of amides is 1. The first-order chi connectivity index (χ1) is 14.8. The standard InChI is InChI=1S/C23H36N4O3.HI/c1-24-23(25-11-5-14-29-17-20-10-15-30-18-20)26-16-19-6-8-21(9-7-19)22(28)27-12-3-2-4-13-27;/h6-9,20H,2-5,10-18H2,1H3,(H2,24,25,26);1H. The van der Waals surface area contributed by atoms with Crippen molar-refractivity contribution in [1.82, 2.24) is 15.5 Å². The lowest BCUT2D eigenvalue weighted by Crippen LogP contribution is -2.37. The Kier molecular flexibility index (Phi) is 12.2. The third-order valence-corrected chi connectivity index (χ3v) is 5.66. The molecule has 1 aromatic carbocycles. The number of guanidine groups is 1. The van der Waals surface area contributed by atoms with E-state index < -0.39 is 0 Å². The molecule has 31 heavy (non-hydrogen) atoms. The number of likely N-dealkylation sites (tertiary alicyclic amines) is 1. The van der Waals surface area contributed by atoms with E-state index in [9.17, 15) is 4.79 Å². The zero-order valence-electron chi connectivity index (χ0n) is 18.6. The zero-order valence-corrected chi connectivity index (χ0v) is 20.9. The fraction of sp³-hybridized carbons (Fsp3) is 0.652. The Hall–Kier alpha value is -1.39. The van der Waals surface area contributed by atoms with E-state index in [0.717, 1.165) is 88.8 Å². The number of rotatable bonds is 9. The molecule has 2 heterocycles. The molecule has 8 heteroatoms. The summed E-state index contributed by atoms with van der Waals surface area (Å²) in [5.41, 5.74) is 1.89. The molecule has 0 bridgehead atoms. The van der Waals surface area contributed by atoms with E-state index in [1.54, 1.807) is 7.05 Å². The molecule has 1 amide bonds. The van der Waals surface area contributed by atoms with Crippen molar-refractivity contribution in [2.24, 2.45) is 10.9 Å². The molecule has 2 aliphatic heterocycles. The molecule has 2 saturated heterocycles. The van der Waals surface area contributed by atoms with Crippen LogP contribution in [0.2, 0.25) is 0 Å². The molecule has 7 nitrogen and oxygen atoms in total. The van der Waals surface area contributed by atoms with Crippen molar-refractivity contribution in [3.8, 4) is 0 Å². The Morgan fingerprint density at radius 3 is 2.65 bits per heavy atom. The molecule has 1 unspecified atom stereocenters. The Morgan fingerprint density at radius 1 is 1.19 bits per heavy atom. The molecular formula is C23H37IN4O3. The highest BCUT2D eigenvalue weighted by molar-refractivity contribution is 14.0. The van der Waals surface area contributed by atoms with Crippen molar-refractivity contribution in [3.63, 3.8) is 0 Å². The molecule has 0 aromatic heterocycles. The number of nitrogens with one attached hydrogen (secondary N) is 2. The highest BCUT2D eigenvalue weighted by Gasteiger charge is 2.18. The van der Waals surface area contributed by atoms with E-state index in [4.69, 9.17) is 9.47 Å². The van der Waals surface area contributed by atoms with Crippen LogP contribution >= 0.6 is 24.0 Å². The van der Waals surface area contributed by atoms with E-state index >= 15 is 0 Å². The number of nitrogens with zero attached hydrogens (tertiary/aromatic N) is 2. The topological polar surface area (TPSA) is 75.2 Å². The minimum Gasteiger partial charge on any atom is -0.381 e. The zero-order chi connectivity index (χ0) is 21.0. The Balaban J connectivity index is 0.00000341. The van der Waals surface area contributed by atoms with Gasteiger partial charge in [-0.3, -0.25) is 9.79 Å². The number of hydrogen-bond acceptors (Lipinski definition) is 4. The van der Waals surface area contributed by atoms with Gasteiger partial charge in [-0.25, -0.2) is 0 Å². The van der Waals surface area contributed by atoms with Gasteiger partial charge in [-0.05, 0) is 49.8 Å². The van der Waals surface area contributed by atoms with Crippen LogP contribution in [0.5, 0.6) is 0 Å². The van der Waals surface area contributed by atoms with Crippen LogP contribution in [-0.2, 0) is 16.0 Å². The number of carbonyl (C=O) groups is 1. The van der Waals surface area contributed by atoms with Gasteiger partial charge in [0, 0.05) is 57.9 Å². The lowest BCUT2D eigenvalue weighted by atomic mass is 10.1. The maximum absolute atomic E-state index is 12.6. The summed E-state index contributed by atoms with van der Waals surface area (Å²) in [5, 5.41) is 6.63.